The minimum Gasteiger partial charge on any atom is -0.503 e. The number of Topliss-reactive ketones (excluding diaryl/α,β-unsaturated/α-hetero) is 1. The molecule has 6 nitrogen and oxygen atoms in total. The van der Waals surface area contributed by atoms with E-state index < -0.39 is 17.7 Å². The second-order valence-corrected chi connectivity index (χ2v) is 8.29. The van der Waals surface area contributed by atoms with Gasteiger partial charge in [0, 0.05) is 13.0 Å². The molecule has 0 saturated carbocycles. The smallest absolute Gasteiger partial charge is 0.290 e. The minimum atomic E-state index is -0.557. The number of nitrogens with zero attached hydrogens (tertiary/aromatic N) is 1. The predicted octanol–water partition coefficient (Wildman–Crippen LogP) is 1.63. The molecule has 2 aliphatic heterocycles. The van der Waals surface area contributed by atoms with Gasteiger partial charge in [-0.1, -0.05) is 36.4 Å². The van der Waals surface area contributed by atoms with Gasteiger partial charge in [-0.15, -0.1) is 11.3 Å². The number of carbonyl (C=O) groups excluding carboxylic acids is 2. The quantitative estimate of drug-likeness (QED) is 0.677. The lowest BCUT2D eigenvalue weighted by Gasteiger charge is -2.28. The monoisotopic (exact) mass is 413 g/mol. The summed E-state index contributed by atoms with van der Waals surface area (Å²) >= 11 is 1.32. The van der Waals surface area contributed by atoms with E-state index in [-0.39, 0.29) is 11.4 Å². The summed E-state index contributed by atoms with van der Waals surface area (Å²) in [5, 5.41) is 12.4. The first kappa shape index (κ1) is 19.8. The Kier molecular flexibility index (Phi) is 6.08. The lowest BCUT2D eigenvalue weighted by atomic mass is 9.95. The maximum absolute atomic E-state index is 13.1. The topological polar surface area (TPSA) is 71.3 Å². The molecule has 1 fully saturated rings. The van der Waals surface area contributed by atoms with E-state index in [1.165, 1.54) is 16.2 Å². The van der Waals surface area contributed by atoms with Gasteiger partial charge in [0.1, 0.15) is 13.1 Å². The highest BCUT2D eigenvalue weighted by molar-refractivity contribution is 7.12. The van der Waals surface area contributed by atoms with Crippen LogP contribution in [0.3, 0.4) is 0 Å². The van der Waals surface area contributed by atoms with E-state index in [4.69, 9.17) is 4.74 Å². The van der Waals surface area contributed by atoms with Gasteiger partial charge in [-0.2, -0.15) is 0 Å². The molecule has 0 bridgehead atoms. The molecule has 29 heavy (non-hydrogen) atoms. The molecular formula is C22H25N2O4S+. The summed E-state index contributed by atoms with van der Waals surface area (Å²) in [5.41, 5.74) is 1.02. The van der Waals surface area contributed by atoms with E-state index in [1.54, 1.807) is 17.0 Å². The number of aliphatic hydroxyl groups excluding tert-OH is 1. The van der Waals surface area contributed by atoms with Gasteiger partial charge in [-0.25, -0.2) is 0 Å². The Labute approximate surface area is 174 Å². The van der Waals surface area contributed by atoms with Gasteiger partial charge in [0.25, 0.3) is 5.91 Å². The standard InChI is InChI=1S/C22H24N2O4S/c25-20(17-8-4-15-29-17)18-19(16-6-2-1-3-7-16)24(22(27)21(18)26)10-5-9-23-11-13-28-14-12-23/h1-4,6-8,15,19,26H,5,9-14H2/p+1. The number of nitrogens with one attached hydrogen (secondary N) is 1. The molecule has 0 aliphatic carbocycles. The van der Waals surface area contributed by atoms with Gasteiger partial charge < -0.3 is 19.6 Å². The van der Waals surface area contributed by atoms with Gasteiger partial charge in [0.05, 0.1) is 36.3 Å². The molecule has 2 aliphatic rings. The third-order valence-corrected chi connectivity index (χ3v) is 6.41. The highest BCUT2D eigenvalue weighted by Gasteiger charge is 2.43. The maximum atomic E-state index is 13.1. The number of benzene rings is 1. The predicted molar refractivity (Wildman–Crippen MR) is 110 cm³/mol. The van der Waals surface area contributed by atoms with Crippen molar-refractivity contribution in [2.24, 2.45) is 0 Å². The molecule has 3 heterocycles. The molecule has 0 spiro atoms. The van der Waals surface area contributed by atoms with Gasteiger partial charge in [0.2, 0.25) is 5.78 Å². The Bertz CT molecular complexity index is 889. The van der Waals surface area contributed by atoms with Crippen molar-refractivity contribution in [1.29, 1.82) is 0 Å². The van der Waals surface area contributed by atoms with Crippen molar-refractivity contribution in [2.45, 2.75) is 12.5 Å². The second kappa shape index (κ2) is 8.90. The number of ketones is 1. The number of quaternary nitrogens is 1. The largest absolute Gasteiger partial charge is 0.503 e. The second-order valence-electron chi connectivity index (χ2n) is 7.35. The summed E-state index contributed by atoms with van der Waals surface area (Å²) in [5.74, 6) is -1.16. The molecule has 7 heteroatoms. The average molecular weight is 414 g/mol. The number of amides is 1. The Morgan fingerprint density at radius 2 is 1.93 bits per heavy atom. The molecule has 1 aromatic carbocycles. The van der Waals surface area contributed by atoms with Crippen LogP contribution >= 0.6 is 11.3 Å². The number of hydrogen-bond acceptors (Lipinski definition) is 5. The lowest BCUT2D eigenvalue weighted by molar-refractivity contribution is -0.908. The number of carbonyl (C=O) groups is 2. The molecule has 2 N–H and O–H groups in total. The number of morpholine rings is 1. The molecule has 1 atom stereocenters. The molecule has 1 aromatic heterocycles. The minimum absolute atomic E-state index is 0.183. The van der Waals surface area contributed by atoms with Gasteiger partial charge in [0.15, 0.2) is 5.76 Å². The van der Waals surface area contributed by atoms with Crippen LogP contribution in [0.1, 0.15) is 27.7 Å². The zero-order chi connectivity index (χ0) is 20.2. The molecule has 0 radical (unpaired) electrons. The van der Waals surface area contributed by atoms with E-state index >= 15 is 0 Å². The molecule has 1 amide bonds. The van der Waals surface area contributed by atoms with E-state index in [1.807, 2.05) is 35.7 Å². The van der Waals surface area contributed by atoms with Crippen LogP contribution in [-0.2, 0) is 9.53 Å². The van der Waals surface area contributed by atoms with Crippen LogP contribution < -0.4 is 4.90 Å². The highest BCUT2D eigenvalue weighted by Crippen LogP contribution is 2.39. The number of ether oxygens (including phenoxy) is 1. The Morgan fingerprint density at radius 1 is 1.17 bits per heavy atom. The van der Waals surface area contributed by atoms with E-state index in [0.29, 0.717) is 11.4 Å². The fourth-order valence-electron chi connectivity index (χ4n) is 4.05. The van der Waals surface area contributed by atoms with Crippen LogP contribution in [0.2, 0.25) is 0 Å². The van der Waals surface area contributed by atoms with Gasteiger partial charge in [-0.3, -0.25) is 9.59 Å². The molecular weight excluding hydrogens is 388 g/mol. The summed E-state index contributed by atoms with van der Waals surface area (Å²) in [6, 6.07) is 12.4. The summed E-state index contributed by atoms with van der Waals surface area (Å²) < 4.78 is 5.40. The van der Waals surface area contributed by atoms with E-state index in [9.17, 15) is 14.7 Å². The normalized spacial score (nSPS) is 20.5. The van der Waals surface area contributed by atoms with Crippen LogP contribution in [0.4, 0.5) is 0 Å². The summed E-state index contributed by atoms with van der Waals surface area (Å²) in [6.07, 6.45) is 0.804. The Morgan fingerprint density at radius 3 is 2.62 bits per heavy atom. The number of hydrogen-bond donors (Lipinski definition) is 2. The fraction of sp³-hybridized carbons (Fsp3) is 0.364. The third kappa shape index (κ3) is 4.12. The van der Waals surface area contributed by atoms with Crippen molar-refractivity contribution >= 4 is 23.0 Å². The van der Waals surface area contributed by atoms with Crippen molar-refractivity contribution in [3.8, 4) is 0 Å². The fourth-order valence-corrected chi connectivity index (χ4v) is 4.73. The molecule has 152 valence electrons. The van der Waals surface area contributed by atoms with Crippen molar-refractivity contribution in [3.05, 3.63) is 69.6 Å². The molecule has 1 saturated heterocycles. The van der Waals surface area contributed by atoms with Crippen molar-refractivity contribution in [3.63, 3.8) is 0 Å². The lowest BCUT2D eigenvalue weighted by Crippen LogP contribution is -3.14. The van der Waals surface area contributed by atoms with Crippen molar-refractivity contribution < 1.29 is 24.3 Å². The van der Waals surface area contributed by atoms with Crippen molar-refractivity contribution in [2.75, 3.05) is 39.4 Å². The zero-order valence-corrected chi connectivity index (χ0v) is 17.0. The van der Waals surface area contributed by atoms with Gasteiger partial charge in [-0.05, 0) is 17.0 Å². The van der Waals surface area contributed by atoms with Crippen LogP contribution in [0, 0.1) is 0 Å². The van der Waals surface area contributed by atoms with E-state index in [0.717, 1.165) is 44.8 Å². The van der Waals surface area contributed by atoms with Crippen LogP contribution in [-0.4, -0.2) is 61.1 Å². The maximum Gasteiger partial charge on any atom is 0.290 e. The van der Waals surface area contributed by atoms with Crippen LogP contribution in [0.15, 0.2) is 59.2 Å². The third-order valence-electron chi connectivity index (χ3n) is 5.54. The van der Waals surface area contributed by atoms with Gasteiger partial charge >= 0.3 is 0 Å². The summed E-state index contributed by atoms with van der Waals surface area (Å²) in [6.45, 7) is 4.92. The number of rotatable bonds is 7. The first-order valence-electron chi connectivity index (χ1n) is 9.95. The zero-order valence-electron chi connectivity index (χ0n) is 16.2. The van der Waals surface area contributed by atoms with E-state index in [2.05, 4.69) is 0 Å². The Hall–Kier alpha value is -2.48. The Balaban J connectivity index is 1.57. The van der Waals surface area contributed by atoms with Crippen LogP contribution in [0.25, 0.3) is 0 Å². The summed E-state index contributed by atoms with van der Waals surface area (Å²) in [7, 11) is 0. The molecule has 2 aromatic rings. The summed E-state index contributed by atoms with van der Waals surface area (Å²) in [4.78, 5) is 29.6. The first-order chi connectivity index (χ1) is 14.2. The van der Waals surface area contributed by atoms with Crippen LogP contribution in [0.5, 0.6) is 0 Å². The molecule has 4 rings (SSSR count). The SMILES string of the molecule is O=C(C1=C(O)C(=O)N(CCC[NH+]2CCOCC2)C1c1ccccc1)c1cccs1. The number of aliphatic hydroxyl groups is 1. The highest BCUT2D eigenvalue weighted by atomic mass is 32.1. The molecule has 1 unspecified atom stereocenters. The first-order valence-corrected chi connectivity index (χ1v) is 10.8. The average Bonchev–Trinajstić information content (AvgIpc) is 3.38. The van der Waals surface area contributed by atoms with Crippen molar-refractivity contribution in [1.82, 2.24) is 4.90 Å². The number of thiophene rings is 1.